The van der Waals surface area contributed by atoms with Gasteiger partial charge in [0.25, 0.3) is 0 Å². The van der Waals surface area contributed by atoms with Gasteiger partial charge in [-0.05, 0) is 102 Å². The number of nitrogens with zero attached hydrogens (tertiary/aromatic N) is 1. The first-order chi connectivity index (χ1) is 27.3. The summed E-state index contributed by atoms with van der Waals surface area (Å²) in [6.45, 7) is 0.796. The van der Waals surface area contributed by atoms with E-state index in [0.717, 1.165) is 17.9 Å². The van der Waals surface area contributed by atoms with Gasteiger partial charge in [0.15, 0.2) is 0 Å². The van der Waals surface area contributed by atoms with Gasteiger partial charge in [0.2, 0.25) is 0 Å². The molecular formula is C52H34N2S. The molecule has 0 saturated heterocycles. The minimum atomic E-state index is -0.417. The second kappa shape index (κ2) is 11.7. The van der Waals surface area contributed by atoms with Crippen LogP contribution in [0.2, 0.25) is 0 Å². The van der Waals surface area contributed by atoms with Gasteiger partial charge in [0, 0.05) is 28.7 Å². The highest BCUT2D eigenvalue weighted by molar-refractivity contribution is 7.20. The standard InChI is InChI=1S/C52H34N2S/c1-2-13-33(14-3-1)34-25-27-37(28-26-34)54(48-32-53-31-42-41-29-35-15-4-5-16-36(35)30-49(41)55-51(42)48)47-24-12-23-46-50(47)40-19-8-11-22-45(40)52(46)43-20-9-6-17-38(43)39-18-7-10-21-44(39)52/h1-30,32,53H,31H2. The Morgan fingerprint density at radius 1 is 0.509 bits per heavy atom. The fourth-order valence-electron chi connectivity index (χ4n) is 9.85. The summed E-state index contributed by atoms with van der Waals surface area (Å²) in [5.74, 6) is 0. The number of benzene rings is 8. The first-order valence-electron chi connectivity index (χ1n) is 19.1. The molecular weight excluding hydrogens is 685 g/mol. The van der Waals surface area contributed by atoms with Crippen molar-refractivity contribution < 1.29 is 0 Å². The lowest BCUT2D eigenvalue weighted by Crippen LogP contribution is -2.26. The maximum absolute atomic E-state index is 3.74. The molecule has 55 heavy (non-hydrogen) atoms. The summed E-state index contributed by atoms with van der Waals surface area (Å²) in [6.07, 6.45) is 2.25. The molecule has 2 heterocycles. The van der Waals surface area contributed by atoms with E-state index in [9.17, 15) is 0 Å². The van der Waals surface area contributed by atoms with Crippen LogP contribution in [0.25, 0.3) is 59.9 Å². The monoisotopic (exact) mass is 718 g/mol. The molecule has 0 fully saturated rings. The zero-order valence-electron chi connectivity index (χ0n) is 30.0. The van der Waals surface area contributed by atoms with Crippen molar-refractivity contribution in [2.75, 3.05) is 4.90 Å². The number of anilines is 2. The van der Waals surface area contributed by atoms with Crippen molar-refractivity contribution >= 4 is 49.3 Å². The lowest BCUT2D eigenvalue weighted by Gasteiger charge is -2.33. The van der Waals surface area contributed by atoms with Gasteiger partial charge >= 0.3 is 0 Å². The van der Waals surface area contributed by atoms with E-state index in [4.69, 9.17) is 0 Å². The summed E-state index contributed by atoms with van der Waals surface area (Å²) in [5, 5.41) is 7.63. The van der Waals surface area contributed by atoms with Crippen molar-refractivity contribution in [2.24, 2.45) is 0 Å². The van der Waals surface area contributed by atoms with Gasteiger partial charge in [-0.1, -0.05) is 152 Å². The second-order valence-corrected chi connectivity index (χ2v) is 15.9. The maximum Gasteiger partial charge on any atom is 0.0795 e. The van der Waals surface area contributed by atoms with Crippen LogP contribution in [0.4, 0.5) is 11.4 Å². The van der Waals surface area contributed by atoms with Crippen molar-refractivity contribution in [3.8, 4) is 33.4 Å². The highest BCUT2D eigenvalue weighted by atomic mass is 32.1. The van der Waals surface area contributed by atoms with Gasteiger partial charge in [-0.2, -0.15) is 0 Å². The van der Waals surface area contributed by atoms with Crippen molar-refractivity contribution in [2.45, 2.75) is 12.0 Å². The van der Waals surface area contributed by atoms with Gasteiger partial charge in [0.05, 0.1) is 21.7 Å². The fraction of sp³-hybridized carbons (Fsp3) is 0.0385. The van der Waals surface area contributed by atoms with Gasteiger partial charge in [-0.3, -0.25) is 0 Å². The van der Waals surface area contributed by atoms with Crippen LogP contribution in [0.5, 0.6) is 0 Å². The van der Waals surface area contributed by atoms with E-state index in [1.165, 1.54) is 92.6 Å². The molecule has 2 aliphatic carbocycles. The number of hydrogen-bond donors (Lipinski definition) is 1. The third kappa shape index (κ3) is 4.24. The Bertz CT molecular complexity index is 3000. The van der Waals surface area contributed by atoms with Crippen molar-refractivity contribution in [3.63, 3.8) is 0 Å². The molecule has 9 aromatic rings. The third-order valence-electron chi connectivity index (χ3n) is 12.1. The smallest absolute Gasteiger partial charge is 0.0795 e. The molecule has 0 amide bonds. The Kier molecular flexibility index (Phi) is 6.52. The van der Waals surface area contributed by atoms with Crippen LogP contribution in [-0.4, -0.2) is 0 Å². The Morgan fingerprint density at radius 2 is 1.09 bits per heavy atom. The van der Waals surface area contributed by atoms with Crippen LogP contribution in [0.1, 0.15) is 32.7 Å². The molecule has 3 heteroatoms. The minimum Gasteiger partial charge on any atom is -0.385 e. The van der Waals surface area contributed by atoms with Gasteiger partial charge in [-0.15, -0.1) is 11.3 Å². The summed E-state index contributed by atoms with van der Waals surface area (Å²) in [5.41, 5.74) is 17.4. The quantitative estimate of drug-likeness (QED) is 0.195. The molecule has 2 nitrogen and oxygen atoms in total. The van der Waals surface area contributed by atoms with E-state index in [0.29, 0.717) is 0 Å². The molecule has 0 atom stereocenters. The molecule has 258 valence electrons. The summed E-state index contributed by atoms with van der Waals surface area (Å²) in [6, 6.07) is 67.6. The Labute approximate surface area is 324 Å². The maximum atomic E-state index is 3.74. The van der Waals surface area contributed by atoms with E-state index in [1.54, 1.807) is 0 Å². The Morgan fingerprint density at radius 3 is 1.82 bits per heavy atom. The molecule has 1 spiro atoms. The average Bonchev–Trinajstić information content (AvgIpc) is 3.88. The number of nitrogens with one attached hydrogen (secondary N) is 1. The third-order valence-corrected chi connectivity index (χ3v) is 13.3. The molecule has 8 aromatic carbocycles. The second-order valence-electron chi connectivity index (χ2n) is 14.9. The number of fused-ring (bicyclic) bond motifs is 14. The van der Waals surface area contributed by atoms with Crippen molar-refractivity contribution in [1.29, 1.82) is 0 Å². The Balaban J connectivity index is 1.13. The van der Waals surface area contributed by atoms with Gasteiger partial charge in [0.1, 0.15) is 0 Å². The summed E-state index contributed by atoms with van der Waals surface area (Å²) in [4.78, 5) is 3.84. The van der Waals surface area contributed by atoms with Crippen LogP contribution in [0.3, 0.4) is 0 Å². The largest absolute Gasteiger partial charge is 0.385 e. The van der Waals surface area contributed by atoms with Gasteiger partial charge in [-0.25, -0.2) is 0 Å². The molecule has 1 aromatic heterocycles. The summed E-state index contributed by atoms with van der Waals surface area (Å²) >= 11 is 1.91. The van der Waals surface area contributed by atoms with E-state index in [2.05, 4.69) is 198 Å². The minimum absolute atomic E-state index is 0.417. The molecule has 0 saturated carbocycles. The topological polar surface area (TPSA) is 15.3 Å². The lowest BCUT2D eigenvalue weighted by atomic mass is 9.70. The van der Waals surface area contributed by atoms with E-state index < -0.39 is 5.41 Å². The summed E-state index contributed by atoms with van der Waals surface area (Å²) in [7, 11) is 0. The molecule has 0 bridgehead atoms. The first-order valence-corrected chi connectivity index (χ1v) is 19.9. The number of hydrogen-bond acceptors (Lipinski definition) is 3. The van der Waals surface area contributed by atoms with Crippen LogP contribution in [0, 0.1) is 0 Å². The van der Waals surface area contributed by atoms with E-state index >= 15 is 0 Å². The van der Waals surface area contributed by atoms with E-state index in [-0.39, 0.29) is 0 Å². The highest BCUT2D eigenvalue weighted by Crippen LogP contribution is 2.64. The van der Waals surface area contributed by atoms with Crippen LogP contribution >= 0.6 is 11.3 Å². The molecule has 1 N–H and O–H groups in total. The predicted molar refractivity (Wildman–Crippen MR) is 231 cm³/mol. The molecule has 0 radical (unpaired) electrons. The first kappa shape index (κ1) is 30.7. The normalized spacial score (nSPS) is 14.1. The van der Waals surface area contributed by atoms with Crippen LogP contribution < -0.4 is 10.2 Å². The number of thiophene rings is 1. The zero-order valence-corrected chi connectivity index (χ0v) is 30.8. The van der Waals surface area contributed by atoms with Crippen LogP contribution in [0.15, 0.2) is 188 Å². The molecule has 3 aliphatic rings. The van der Waals surface area contributed by atoms with Gasteiger partial charge < -0.3 is 10.2 Å². The zero-order chi connectivity index (χ0) is 36.1. The molecule has 0 unspecified atom stereocenters. The van der Waals surface area contributed by atoms with Crippen LogP contribution in [-0.2, 0) is 12.0 Å². The average molecular weight is 719 g/mol. The SMILES string of the molecule is C1=C(N(c2ccc(-c3ccccc3)cc2)c2cccc3c2-c2ccccc2C32c3ccccc3-c3ccccc32)c2sc3cc4ccccc4cc3c2CN1. The highest BCUT2D eigenvalue weighted by Gasteiger charge is 2.52. The number of rotatable bonds is 4. The lowest BCUT2D eigenvalue weighted by molar-refractivity contribution is 0.793. The van der Waals surface area contributed by atoms with Crippen molar-refractivity contribution in [3.05, 3.63) is 221 Å². The molecule has 12 rings (SSSR count). The van der Waals surface area contributed by atoms with E-state index in [1.807, 2.05) is 11.3 Å². The predicted octanol–water partition coefficient (Wildman–Crippen LogP) is 13.3. The Hall–Kier alpha value is -6.68. The fourth-order valence-corrected chi connectivity index (χ4v) is 11.1. The summed E-state index contributed by atoms with van der Waals surface area (Å²) < 4.78 is 1.32. The molecule has 1 aliphatic heterocycles. The van der Waals surface area contributed by atoms with Crippen molar-refractivity contribution in [1.82, 2.24) is 5.32 Å².